The van der Waals surface area contributed by atoms with Crippen molar-refractivity contribution >= 4 is 37.1 Å². The summed E-state index contributed by atoms with van der Waals surface area (Å²) in [7, 11) is -6.02. The van der Waals surface area contributed by atoms with Gasteiger partial charge in [-0.2, -0.15) is 8.61 Å². The van der Waals surface area contributed by atoms with E-state index in [1.54, 1.807) is 37.4 Å². The van der Waals surface area contributed by atoms with Crippen molar-refractivity contribution < 1.29 is 21.9 Å². The van der Waals surface area contributed by atoms with Crippen LogP contribution in [0.4, 0.5) is 5.69 Å². The van der Waals surface area contributed by atoms with Crippen LogP contribution >= 0.6 is 11.3 Å². The predicted molar refractivity (Wildman–Crippen MR) is 140 cm³/mol. The van der Waals surface area contributed by atoms with E-state index in [0.717, 1.165) is 22.6 Å². The molecule has 4 rings (SSSR count). The number of hydrogen-bond donors (Lipinski definition) is 1. The first-order valence-electron chi connectivity index (χ1n) is 11.4. The zero-order valence-electron chi connectivity index (χ0n) is 20.4. The van der Waals surface area contributed by atoms with E-state index in [2.05, 4.69) is 4.98 Å². The summed E-state index contributed by atoms with van der Waals surface area (Å²) in [5.41, 5.74) is 0.579. The highest BCUT2D eigenvalue weighted by Gasteiger charge is 2.37. The topological polar surface area (TPSA) is 111 Å². The Morgan fingerprint density at radius 2 is 1.81 bits per heavy atom. The van der Waals surface area contributed by atoms with Crippen LogP contribution < -0.4 is 4.90 Å². The van der Waals surface area contributed by atoms with Crippen LogP contribution in [0.25, 0.3) is 0 Å². The number of thiophene rings is 1. The fraction of sp³-hybridized carbons (Fsp3) is 0.375. The fourth-order valence-corrected chi connectivity index (χ4v) is 8.00. The van der Waals surface area contributed by atoms with Crippen molar-refractivity contribution in [3.8, 4) is 0 Å². The van der Waals surface area contributed by atoms with E-state index >= 15 is 0 Å². The van der Waals surface area contributed by atoms with Gasteiger partial charge in [-0.15, -0.1) is 11.3 Å². The van der Waals surface area contributed by atoms with E-state index in [1.165, 1.54) is 34.1 Å². The summed E-state index contributed by atoms with van der Waals surface area (Å²) < 4.78 is 55.8. The Hall–Kier alpha value is -2.35. The maximum Gasteiger partial charge on any atom is 0.252 e. The molecule has 0 unspecified atom stereocenters. The lowest BCUT2D eigenvalue weighted by molar-refractivity contribution is 0.0786. The lowest BCUT2D eigenvalue weighted by Gasteiger charge is -2.43. The quantitative estimate of drug-likeness (QED) is 0.459. The molecule has 1 aromatic carbocycles. The van der Waals surface area contributed by atoms with Gasteiger partial charge in [0.15, 0.2) is 0 Å². The largest absolute Gasteiger partial charge is 0.386 e. The normalized spacial score (nSPS) is 18.0. The summed E-state index contributed by atoms with van der Waals surface area (Å²) >= 11 is 1.16. The Morgan fingerprint density at radius 1 is 1.08 bits per heavy atom. The monoisotopic (exact) mass is 550 g/mol. The van der Waals surface area contributed by atoms with Crippen molar-refractivity contribution in [2.75, 3.05) is 38.1 Å². The summed E-state index contributed by atoms with van der Waals surface area (Å²) in [5.74, 6) is 0. The van der Waals surface area contributed by atoms with Gasteiger partial charge in [-0.1, -0.05) is 18.2 Å². The SMILES string of the molecule is CN(C[C@H]1CN(S(=O)(=O)c2cccs2)CCN1c1ccc(C(C)(C)O)cc1)S(=O)(=O)c1cccnc1. The van der Waals surface area contributed by atoms with Crippen LogP contribution in [0.15, 0.2) is 75.4 Å². The molecule has 0 amide bonds. The minimum atomic E-state index is -3.82. The van der Waals surface area contributed by atoms with E-state index in [-0.39, 0.29) is 28.7 Å². The number of nitrogens with zero attached hydrogens (tertiary/aromatic N) is 4. The van der Waals surface area contributed by atoms with Crippen molar-refractivity contribution in [2.24, 2.45) is 0 Å². The minimum Gasteiger partial charge on any atom is -0.386 e. The second-order valence-corrected chi connectivity index (χ2v) is 14.4. The zero-order valence-corrected chi connectivity index (χ0v) is 22.8. The molecule has 12 heteroatoms. The smallest absolute Gasteiger partial charge is 0.252 e. The van der Waals surface area contributed by atoms with Crippen molar-refractivity contribution in [1.82, 2.24) is 13.6 Å². The number of pyridine rings is 1. The lowest BCUT2D eigenvalue weighted by atomic mass is 9.98. The second-order valence-electron chi connectivity index (χ2n) is 9.22. The molecular formula is C24H30N4O5S3. The maximum absolute atomic E-state index is 13.2. The van der Waals surface area contributed by atoms with Gasteiger partial charge in [-0.05, 0) is 55.1 Å². The van der Waals surface area contributed by atoms with Gasteiger partial charge >= 0.3 is 0 Å². The predicted octanol–water partition coefficient (Wildman–Crippen LogP) is 2.57. The molecule has 0 bridgehead atoms. The number of hydrogen-bond acceptors (Lipinski definition) is 8. The van der Waals surface area contributed by atoms with E-state index < -0.39 is 31.7 Å². The number of aliphatic hydroxyl groups is 1. The van der Waals surface area contributed by atoms with Gasteiger partial charge in [0, 0.05) is 51.3 Å². The Morgan fingerprint density at radius 3 is 2.39 bits per heavy atom. The van der Waals surface area contributed by atoms with Crippen molar-refractivity contribution in [3.63, 3.8) is 0 Å². The molecular weight excluding hydrogens is 520 g/mol. The summed E-state index contributed by atoms with van der Waals surface area (Å²) in [6, 6.07) is 13.3. The van der Waals surface area contributed by atoms with Crippen LogP contribution in [0.5, 0.6) is 0 Å². The number of anilines is 1. The molecule has 0 spiro atoms. The van der Waals surface area contributed by atoms with Crippen LogP contribution in [0, 0.1) is 0 Å². The molecule has 36 heavy (non-hydrogen) atoms. The molecule has 1 atom stereocenters. The van der Waals surface area contributed by atoms with Crippen LogP contribution in [-0.4, -0.2) is 74.8 Å². The molecule has 0 radical (unpaired) electrons. The highest BCUT2D eigenvalue weighted by Crippen LogP contribution is 2.29. The third-order valence-corrected chi connectivity index (χ3v) is 11.3. The fourth-order valence-electron chi connectivity index (χ4n) is 4.21. The lowest BCUT2D eigenvalue weighted by Crippen LogP contribution is -2.58. The first-order valence-corrected chi connectivity index (χ1v) is 15.2. The van der Waals surface area contributed by atoms with Crippen LogP contribution in [-0.2, 0) is 25.6 Å². The number of aromatic nitrogens is 1. The summed E-state index contributed by atoms with van der Waals surface area (Å²) in [4.78, 5) is 6.03. The molecule has 3 aromatic rings. The second kappa shape index (κ2) is 10.2. The maximum atomic E-state index is 13.2. The van der Waals surface area contributed by atoms with E-state index in [4.69, 9.17) is 0 Å². The molecule has 1 saturated heterocycles. The first kappa shape index (κ1) is 26.7. The minimum absolute atomic E-state index is 0.0704. The van der Waals surface area contributed by atoms with Gasteiger partial charge in [0.25, 0.3) is 10.0 Å². The van der Waals surface area contributed by atoms with Gasteiger partial charge in [0.1, 0.15) is 9.10 Å². The Labute approximate surface area is 216 Å². The van der Waals surface area contributed by atoms with Gasteiger partial charge in [0.05, 0.1) is 11.6 Å². The molecule has 2 aromatic heterocycles. The molecule has 1 N–H and O–H groups in total. The number of benzene rings is 1. The van der Waals surface area contributed by atoms with Gasteiger partial charge < -0.3 is 10.0 Å². The average Bonchev–Trinajstić information content (AvgIpc) is 3.40. The van der Waals surface area contributed by atoms with Gasteiger partial charge in [-0.3, -0.25) is 4.98 Å². The number of sulfonamides is 2. The standard InChI is InChI=1S/C24H30N4O5S3/c1-24(2,29)19-8-10-20(11-9-19)28-14-13-27(36(32,33)23-7-5-15-34-23)18-21(28)17-26(3)35(30,31)22-6-4-12-25-16-22/h4-12,15-16,21,29H,13-14,17-18H2,1-3H3/t21-/m0/s1. The molecule has 3 heterocycles. The Kier molecular flexibility index (Phi) is 7.56. The third kappa shape index (κ3) is 5.48. The van der Waals surface area contributed by atoms with Crippen LogP contribution in [0.3, 0.4) is 0 Å². The number of rotatable bonds is 8. The third-order valence-electron chi connectivity index (χ3n) is 6.25. The van der Waals surface area contributed by atoms with Gasteiger partial charge in [0.2, 0.25) is 10.0 Å². The van der Waals surface area contributed by atoms with Crippen molar-refractivity contribution in [2.45, 2.75) is 34.6 Å². The molecule has 0 saturated carbocycles. The van der Waals surface area contributed by atoms with Gasteiger partial charge in [-0.25, -0.2) is 16.8 Å². The summed E-state index contributed by atoms with van der Waals surface area (Å²) in [6.07, 6.45) is 2.81. The molecule has 0 aliphatic carbocycles. The van der Waals surface area contributed by atoms with E-state index in [0.29, 0.717) is 6.54 Å². The average molecular weight is 551 g/mol. The first-order chi connectivity index (χ1) is 16.9. The van der Waals surface area contributed by atoms with E-state index in [9.17, 15) is 21.9 Å². The summed E-state index contributed by atoms with van der Waals surface area (Å²) in [5, 5.41) is 12.0. The Balaban J connectivity index is 1.64. The number of piperazine rings is 1. The molecule has 1 aliphatic rings. The number of likely N-dealkylation sites (N-methyl/N-ethyl adjacent to an activating group) is 1. The van der Waals surface area contributed by atoms with Crippen molar-refractivity contribution in [1.29, 1.82) is 0 Å². The zero-order chi connectivity index (χ0) is 26.1. The van der Waals surface area contributed by atoms with E-state index in [1.807, 2.05) is 29.2 Å². The highest BCUT2D eigenvalue weighted by molar-refractivity contribution is 7.91. The van der Waals surface area contributed by atoms with Crippen LogP contribution in [0.2, 0.25) is 0 Å². The summed E-state index contributed by atoms with van der Waals surface area (Å²) in [6.45, 7) is 4.26. The highest BCUT2D eigenvalue weighted by atomic mass is 32.2. The molecule has 1 aliphatic heterocycles. The molecule has 9 nitrogen and oxygen atoms in total. The van der Waals surface area contributed by atoms with Crippen LogP contribution in [0.1, 0.15) is 19.4 Å². The molecule has 1 fully saturated rings. The molecule has 194 valence electrons. The Bertz CT molecular complexity index is 1370. The van der Waals surface area contributed by atoms with Crippen molar-refractivity contribution in [3.05, 3.63) is 71.9 Å².